The number of aliphatic hydroxyl groups is 1. The van der Waals surface area contributed by atoms with Crippen molar-refractivity contribution < 1.29 is 5.11 Å². The molecule has 0 amide bonds. The quantitative estimate of drug-likeness (QED) is 0.628. The van der Waals surface area contributed by atoms with Crippen molar-refractivity contribution in [3.8, 4) is 0 Å². The maximum atomic E-state index is 11.8. The van der Waals surface area contributed by atoms with E-state index in [1.54, 1.807) is 4.57 Å². The SMILES string of the molecule is CSc1nc(=O)n(CCO)c2c1CCCC2. The molecule has 0 aliphatic heterocycles. The normalized spacial score (nSPS) is 14.9. The molecule has 1 N–H and O–H groups in total. The predicted molar refractivity (Wildman–Crippen MR) is 64.0 cm³/mol. The van der Waals surface area contributed by atoms with Crippen molar-refractivity contribution in [2.45, 2.75) is 37.3 Å². The van der Waals surface area contributed by atoms with E-state index in [-0.39, 0.29) is 12.3 Å². The monoisotopic (exact) mass is 240 g/mol. The van der Waals surface area contributed by atoms with Gasteiger partial charge in [0.15, 0.2) is 0 Å². The van der Waals surface area contributed by atoms with Gasteiger partial charge in [0.05, 0.1) is 13.2 Å². The Bertz CT molecular complexity index is 442. The van der Waals surface area contributed by atoms with Crippen LogP contribution >= 0.6 is 11.8 Å². The standard InChI is InChI=1S/C11H16N2O2S/c1-16-10-8-4-2-3-5-9(8)13(6-7-14)11(15)12-10/h14H,2-7H2,1H3. The van der Waals surface area contributed by atoms with Gasteiger partial charge in [0.1, 0.15) is 5.03 Å². The van der Waals surface area contributed by atoms with Crippen molar-refractivity contribution in [1.29, 1.82) is 0 Å². The minimum atomic E-state index is -0.223. The maximum Gasteiger partial charge on any atom is 0.348 e. The Balaban J connectivity index is 2.58. The van der Waals surface area contributed by atoms with Crippen LogP contribution in [0.1, 0.15) is 24.1 Å². The minimum Gasteiger partial charge on any atom is -0.395 e. The van der Waals surface area contributed by atoms with Crippen molar-refractivity contribution in [2.24, 2.45) is 0 Å². The molecule has 0 spiro atoms. The lowest BCUT2D eigenvalue weighted by atomic mass is 9.97. The Morgan fingerprint density at radius 1 is 1.44 bits per heavy atom. The van der Waals surface area contributed by atoms with E-state index in [4.69, 9.17) is 5.11 Å². The van der Waals surface area contributed by atoms with Gasteiger partial charge in [-0.25, -0.2) is 4.79 Å². The van der Waals surface area contributed by atoms with E-state index in [2.05, 4.69) is 4.98 Å². The fourth-order valence-electron chi connectivity index (χ4n) is 2.25. The summed E-state index contributed by atoms with van der Waals surface area (Å²) in [5.74, 6) is 0. The summed E-state index contributed by atoms with van der Waals surface area (Å²) in [7, 11) is 0. The van der Waals surface area contributed by atoms with Crippen molar-refractivity contribution in [3.05, 3.63) is 21.7 Å². The lowest BCUT2D eigenvalue weighted by Gasteiger charge is -2.21. The molecule has 4 nitrogen and oxygen atoms in total. The number of rotatable bonds is 3. The molecular weight excluding hydrogens is 224 g/mol. The van der Waals surface area contributed by atoms with Crippen LogP contribution in [0.15, 0.2) is 9.82 Å². The number of fused-ring (bicyclic) bond motifs is 1. The number of aromatic nitrogens is 2. The summed E-state index contributed by atoms with van der Waals surface area (Å²) in [6, 6.07) is 0. The summed E-state index contributed by atoms with van der Waals surface area (Å²) in [5.41, 5.74) is 2.08. The molecule has 88 valence electrons. The first-order chi connectivity index (χ1) is 7.77. The van der Waals surface area contributed by atoms with Crippen LogP contribution in [-0.2, 0) is 19.4 Å². The molecule has 1 aliphatic carbocycles. The molecule has 0 fully saturated rings. The van der Waals surface area contributed by atoms with Gasteiger partial charge in [0, 0.05) is 11.3 Å². The van der Waals surface area contributed by atoms with E-state index in [9.17, 15) is 4.79 Å². The molecule has 1 heterocycles. The molecule has 0 saturated heterocycles. The van der Waals surface area contributed by atoms with Gasteiger partial charge in [-0.05, 0) is 31.9 Å². The molecule has 0 saturated carbocycles. The molecule has 1 aliphatic rings. The van der Waals surface area contributed by atoms with Gasteiger partial charge < -0.3 is 5.11 Å². The molecule has 0 aromatic carbocycles. The minimum absolute atomic E-state index is 0.00730. The van der Waals surface area contributed by atoms with Crippen LogP contribution in [0, 0.1) is 0 Å². The molecule has 2 rings (SSSR count). The van der Waals surface area contributed by atoms with E-state index in [1.807, 2.05) is 6.26 Å². The topological polar surface area (TPSA) is 55.1 Å². The third kappa shape index (κ3) is 2.01. The molecule has 0 radical (unpaired) electrons. The zero-order chi connectivity index (χ0) is 11.5. The number of hydrogen-bond donors (Lipinski definition) is 1. The second kappa shape index (κ2) is 5.01. The van der Waals surface area contributed by atoms with Gasteiger partial charge in [-0.2, -0.15) is 4.98 Å². The number of aliphatic hydroxyl groups excluding tert-OH is 1. The van der Waals surface area contributed by atoms with E-state index in [0.29, 0.717) is 6.54 Å². The van der Waals surface area contributed by atoms with Gasteiger partial charge in [-0.15, -0.1) is 11.8 Å². The summed E-state index contributed by atoms with van der Waals surface area (Å²) < 4.78 is 1.63. The first kappa shape index (κ1) is 11.7. The number of nitrogens with zero attached hydrogens (tertiary/aromatic N) is 2. The summed E-state index contributed by atoms with van der Waals surface area (Å²) in [6.07, 6.45) is 6.17. The van der Waals surface area contributed by atoms with Gasteiger partial charge in [-0.3, -0.25) is 4.57 Å². The van der Waals surface area contributed by atoms with E-state index in [0.717, 1.165) is 30.0 Å². The van der Waals surface area contributed by atoms with Gasteiger partial charge in [-0.1, -0.05) is 0 Å². The van der Waals surface area contributed by atoms with E-state index in [1.165, 1.54) is 23.7 Å². The average Bonchev–Trinajstić information content (AvgIpc) is 2.32. The zero-order valence-corrected chi connectivity index (χ0v) is 10.2. The molecule has 16 heavy (non-hydrogen) atoms. The van der Waals surface area contributed by atoms with E-state index < -0.39 is 0 Å². The molecule has 1 aromatic rings. The van der Waals surface area contributed by atoms with Crippen molar-refractivity contribution in [2.75, 3.05) is 12.9 Å². The number of hydrogen-bond acceptors (Lipinski definition) is 4. The molecular formula is C11H16N2O2S. The summed E-state index contributed by atoms with van der Waals surface area (Å²) in [5, 5.41) is 9.85. The highest BCUT2D eigenvalue weighted by Gasteiger charge is 2.19. The Labute approximate surface area is 98.7 Å². The summed E-state index contributed by atoms with van der Waals surface area (Å²) in [4.78, 5) is 15.9. The fraction of sp³-hybridized carbons (Fsp3) is 0.636. The van der Waals surface area contributed by atoms with Gasteiger partial charge in [0.25, 0.3) is 0 Å². The average molecular weight is 240 g/mol. The zero-order valence-electron chi connectivity index (χ0n) is 9.40. The Hall–Kier alpha value is -0.810. The highest BCUT2D eigenvalue weighted by molar-refractivity contribution is 7.98. The highest BCUT2D eigenvalue weighted by Crippen LogP contribution is 2.26. The van der Waals surface area contributed by atoms with Crippen LogP contribution in [-0.4, -0.2) is 27.5 Å². The van der Waals surface area contributed by atoms with Crippen LogP contribution < -0.4 is 5.69 Å². The first-order valence-corrected chi connectivity index (χ1v) is 6.78. The molecule has 0 atom stereocenters. The second-order valence-corrected chi connectivity index (χ2v) is 4.71. The summed E-state index contributed by atoms with van der Waals surface area (Å²) in [6.45, 7) is 0.357. The van der Waals surface area contributed by atoms with Crippen molar-refractivity contribution in [3.63, 3.8) is 0 Å². The molecule has 0 unspecified atom stereocenters. The third-order valence-corrected chi connectivity index (χ3v) is 3.69. The molecule has 5 heteroatoms. The molecule has 0 bridgehead atoms. The Kier molecular flexibility index (Phi) is 3.66. The van der Waals surface area contributed by atoms with Crippen molar-refractivity contribution >= 4 is 11.8 Å². The smallest absolute Gasteiger partial charge is 0.348 e. The Morgan fingerprint density at radius 3 is 2.88 bits per heavy atom. The fourth-order valence-corrected chi connectivity index (χ4v) is 2.88. The van der Waals surface area contributed by atoms with Crippen LogP contribution in [0.4, 0.5) is 0 Å². The third-order valence-electron chi connectivity index (χ3n) is 2.97. The highest BCUT2D eigenvalue weighted by atomic mass is 32.2. The van der Waals surface area contributed by atoms with Crippen LogP contribution in [0.3, 0.4) is 0 Å². The Morgan fingerprint density at radius 2 is 2.19 bits per heavy atom. The van der Waals surface area contributed by atoms with Crippen LogP contribution in [0.5, 0.6) is 0 Å². The maximum absolute atomic E-state index is 11.8. The second-order valence-electron chi connectivity index (χ2n) is 3.91. The lowest BCUT2D eigenvalue weighted by molar-refractivity contribution is 0.269. The summed E-state index contributed by atoms with van der Waals surface area (Å²) >= 11 is 1.54. The van der Waals surface area contributed by atoms with E-state index >= 15 is 0 Å². The van der Waals surface area contributed by atoms with Crippen LogP contribution in [0.2, 0.25) is 0 Å². The molecule has 1 aromatic heterocycles. The largest absolute Gasteiger partial charge is 0.395 e. The van der Waals surface area contributed by atoms with Crippen LogP contribution in [0.25, 0.3) is 0 Å². The lowest BCUT2D eigenvalue weighted by Crippen LogP contribution is -2.31. The van der Waals surface area contributed by atoms with Crippen molar-refractivity contribution in [1.82, 2.24) is 9.55 Å². The predicted octanol–water partition coefficient (Wildman–Crippen LogP) is 0.836. The first-order valence-electron chi connectivity index (χ1n) is 5.55. The van der Waals surface area contributed by atoms with Gasteiger partial charge in [0.2, 0.25) is 0 Å². The number of thioether (sulfide) groups is 1. The van der Waals surface area contributed by atoms with Gasteiger partial charge >= 0.3 is 5.69 Å².